The van der Waals surface area contributed by atoms with Crippen molar-refractivity contribution in [1.82, 2.24) is 20.3 Å². The lowest BCUT2D eigenvalue weighted by Gasteiger charge is -2.22. The lowest BCUT2D eigenvalue weighted by atomic mass is 9.93. The van der Waals surface area contributed by atoms with E-state index in [1.54, 1.807) is 17.1 Å². The fourth-order valence-corrected chi connectivity index (χ4v) is 2.51. The van der Waals surface area contributed by atoms with Crippen molar-refractivity contribution in [3.63, 3.8) is 0 Å². The van der Waals surface area contributed by atoms with Crippen LogP contribution >= 0.6 is 0 Å². The second kappa shape index (κ2) is 5.46. The molecule has 1 atom stereocenters. The van der Waals surface area contributed by atoms with Gasteiger partial charge in [0.05, 0.1) is 25.0 Å². The summed E-state index contributed by atoms with van der Waals surface area (Å²) in [6, 6.07) is 1.91. The summed E-state index contributed by atoms with van der Waals surface area (Å²) in [6.45, 7) is 1.01. The van der Waals surface area contributed by atoms with Gasteiger partial charge in [0, 0.05) is 18.5 Å². The number of nitrogens with zero attached hydrogens (tertiary/aromatic N) is 3. The van der Waals surface area contributed by atoms with Gasteiger partial charge in [-0.2, -0.15) is 0 Å². The molecule has 0 radical (unpaired) electrons. The van der Waals surface area contributed by atoms with E-state index in [0.717, 1.165) is 30.6 Å². The van der Waals surface area contributed by atoms with Crippen LogP contribution in [0.3, 0.4) is 0 Å². The second-order valence-corrected chi connectivity index (χ2v) is 4.87. The number of nitrogens with one attached hydrogen (secondary N) is 1. The van der Waals surface area contributed by atoms with E-state index in [-0.39, 0.29) is 11.9 Å². The molecule has 0 saturated heterocycles. The highest BCUT2D eigenvalue weighted by Crippen LogP contribution is 2.30. The van der Waals surface area contributed by atoms with E-state index in [1.807, 2.05) is 6.07 Å². The smallest absolute Gasteiger partial charge is 0.273 e. The number of carbonyl (C=O) groups excluding carboxylic acids is 1. The molecule has 7 heteroatoms. The number of hydrogen-bond donors (Lipinski definition) is 2. The van der Waals surface area contributed by atoms with Crippen LogP contribution in [0.5, 0.6) is 0 Å². The Labute approximate surface area is 116 Å². The van der Waals surface area contributed by atoms with Crippen molar-refractivity contribution in [1.29, 1.82) is 0 Å². The van der Waals surface area contributed by atoms with Gasteiger partial charge in [0.15, 0.2) is 5.69 Å². The second-order valence-electron chi connectivity index (χ2n) is 4.87. The van der Waals surface area contributed by atoms with Crippen LogP contribution in [0, 0.1) is 0 Å². The molecule has 0 saturated carbocycles. The minimum atomic E-state index is -0.215. The summed E-state index contributed by atoms with van der Waals surface area (Å²) in [6.07, 6.45) is 6.13. The lowest BCUT2D eigenvalue weighted by Crippen LogP contribution is -2.30. The molecule has 3 rings (SSSR count). The first kappa shape index (κ1) is 12.9. The van der Waals surface area contributed by atoms with Gasteiger partial charge in [0.1, 0.15) is 5.76 Å². The van der Waals surface area contributed by atoms with E-state index in [4.69, 9.17) is 10.2 Å². The minimum Gasteiger partial charge on any atom is -0.469 e. The number of rotatable bonds is 4. The summed E-state index contributed by atoms with van der Waals surface area (Å²) in [4.78, 5) is 12.2. The topological polar surface area (TPSA) is 99.0 Å². The first-order valence-electron chi connectivity index (χ1n) is 6.75. The molecular formula is C13H17N5O2. The van der Waals surface area contributed by atoms with Gasteiger partial charge in [-0.05, 0) is 18.9 Å². The highest BCUT2D eigenvalue weighted by Gasteiger charge is 2.25. The van der Waals surface area contributed by atoms with Gasteiger partial charge >= 0.3 is 0 Å². The Kier molecular flexibility index (Phi) is 3.51. The average molecular weight is 275 g/mol. The van der Waals surface area contributed by atoms with E-state index in [0.29, 0.717) is 18.8 Å². The van der Waals surface area contributed by atoms with Crippen molar-refractivity contribution in [2.45, 2.75) is 31.8 Å². The van der Waals surface area contributed by atoms with Crippen molar-refractivity contribution in [3.8, 4) is 0 Å². The summed E-state index contributed by atoms with van der Waals surface area (Å²) in [5.41, 5.74) is 6.82. The number of furan rings is 1. The van der Waals surface area contributed by atoms with Gasteiger partial charge in [-0.3, -0.25) is 9.48 Å². The Morgan fingerprint density at radius 1 is 1.60 bits per heavy atom. The third kappa shape index (κ3) is 2.44. The van der Waals surface area contributed by atoms with Crippen molar-refractivity contribution in [3.05, 3.63) is 35.5 Å². The highest BCUT2D eigenvalue weighted by molar-refractivity contribution is 5.92. The maximum atomic E-state index is 12.2. The van der Waals surface area contributed by atoms with Gasteiger partial charge in [-0.15, -0.1) is 5.10 Å². The van der Waals surface area contributed by atoms with Crippen LogP contribution in [0.2, 0.25) is 0 Å². The van der Waals surface area contributed by atoms with Crippen LogP contribution in [0.4, 0.5) is 0 Å². The summed E-state index contributed by atoms with van der Waals surface area (Å²) in [5.74, 6) is 0.751. The van der Waals surface area contributed by atoms with Crippen molar-refractivity contribution in [2.75, 3.05) is 6.54 Å². The number of hydrogen-bond acceptors (Lipinski definition) is 5. The third-order valence-corrected chi connectivity index (χ3v) is 3.49. The highest BCUT2D eigenvalue weighted by atomic mass is 16.3. The van der Waals surface area contributed by atoms with Crippen molar-refractivity contribution in [2.24, 2.45) is 5.73 Å². The monoisotopic (exact) mass is 275 g/mol. The predicted octanol–water partition coefficient (Wildman–Crippen LogP) is 0.637. The average Bonchev–Trinajstić information content (AvgIpc) is 3.08. The summed E-state index contributed by atoms with van der Waals surface area (Å²) >= 11 is 0. The molecule has 7 nitrogen and oxygen atoms in total. The molecule has 20 heavy (non-hydrogen) atoms. The minimum absolute atomic E-state index is 0.00958. The zero-order valence-corrected chi connectivity index (χ0v) is 11.1. The molecule has 0 aliphatic heterocycles. The molecule has 2 aromatic rings. The SMILES string of the molecule is NCCn1cc(C(=O)NC2CCCc3occc32)nn1. The van der Waals surface area contributed by atoms with Crippen LogP contribution < -0.4 is 11.1 Å². The Bertz CT molecular complexity index is 603. The number of aryl methyl sites for hydroxylation is 1. The molecule has 1 unspecified atom stereocenters. The van der Waals surface area contributed by atoms with Crippen LogP contribution in [-0.2, 0) is 13.0 Å². The number of aromatic nitrogens is 3. The summed E-state index contributed by atoms with van der Waals surface area (Å²) < 4.78 is 6.98. The standard InChI is InChI=1S/C13H17N5O2/c14-5-6-18-8-11(16-17-18)13(19)15-10-2-1-3-12-9(10)4-7-20-12/h4,7-8,10H,1-3,5-6,14H2,(H,15,19). The Hall–Kier alpha value is -2.15. The van der Waals surface area contributed by atoms with E-state index in [9.17, 15) is 4.79 Å². The zero-order chi connectivity index (χ0) is 13.9. The van der Waals surface area contributed by atoms with Gasteiger partial charge in [-0.25, -0.2) is 0 Å². The molecule has 0 fully saturated rings. The summed E-state index contributed by atoms with van der Waals surface area (Å²) in [7, 11) is 0. The molecule has 0 aromatic carbocycles. The van der Waals surface area contributed by atoms with Gasteiger partial charge in [0.2, 0.25) is 0 Å². The normalized spacial score (nSPS) is 17.8. The summed E-state index contributed by atoms with van der Waals surface area (Å²) in [5, 5.41) is 10.7. The van der Waals surface area contributed by atoms with E-state index >= 15 is 0 Å². The molecule has 0 spiro atoms. The maximum Gasteiger partial charge on any atom is 0.273 e. The fourth-order valence-electron chi connectivity index (χ4n) is 2.51. The maximum absolute atomic E-state index is 12.2. The number of carbonyl (C=O) groups is 1. The molecule has 1 aliphatic rings. The lowest BCUT2D eigenvalue weighted by molar-refractivity contribution is 0.0927. The van der Waals surface area contributed by atoms with Gasteiger partial charge in [0.25, 0.3) is 5.91 Å². The zero-order valence-electron chi connectivity index (χ0n) is 11.1. The fraction of sp³-hybridized carbons (Fsp3) is 0.462. The molecule has 2 aromatic heterocycles. The quantitative estimate of drug-likeness (QED) is 0.853. The predicted molar refractivity (Wildman–Crippen MR) is 70.9 cm³/mol. The third-order valence-electron chi connectivity index (χ3n) is 3.49. The number of nitrogens with two attached hydrogens (primary N) is 1. The van der Waals surface area contributed by atoms with E-state index in [2.05, 4.69) is 15.6 Å². The van der Waals surface area contributed by atoms with Crippen LogP contribution in [-0.4, -0.2) is 27.4 Å². The first-order valence-corrected chi connectivity index (χ1v) is 6.75. The molecule has 2 heterocycles. The molecule has 106 valence electrons. The Morgan fingerprint density at radius 3 is 3.35 bits per heavy atom. The molecule has 0 bridgehead atoms. The van der Waals surface area contributed by atoms with E-state index < -0.39 is 0 Å². The van der Waals surface area contributed by atoms with Crippen molar-refractivity contribution < 1.29 is 9.21 Å². The van der Waals surface area contributed by atoms with Gasteiger partial charge < -0.3 is 15.5 Å². The Morgan fingerprint density at radius 2 is 2.50 bits per heavy atom. The van der Waals surface area contributed by atoms with Crippen LogP contribution in [0.15, 0.2) is 22.9 Å². The largest absolute Gasteiger partial charge is 0.469 e. The molecule has 1 amide bonds. The molecule has 1 aliphatic carbocycles. The van der Waals surface area contributed by atoms with Crippen molar-refractivity contribution >= 4 is 5.91 Å². The number of fused-ring (bicyclic) bond motifs is 1. The van der Waals surface area contributed by atoms with Crippen LogP contribution in [0.25, 0.3) is 0 Å². The molecular weight excluding hydrogens is 258 g/mol. The Balaban J connectivity index is 1.70. The first-order chi connectivity index (χ1) is 9.78. The van der Waals surface area contributed by atoms with E-state index in [1.165, 1.54) is 0 Å². The number of amides is 1. The van der Waals surface area contributed by atoms with Gasteiger partial charge in [-0.1, -0.05) is 5.21 Å². The molecule has 3 N–H and O–H groups in total. The van der Waals surface area contributed by atoms with Crippen LogP contribution in [0.1, 0.15) is 40.7 Å².